The predicted molar refractivity (Wildman–Crippen MR) is 80.4 cm³/mol. The van der Waals surface area contributed by atoms with Gasteiger partial charge in [0.15, 0.2) is 5.57 Å². The van der Waals surface area contributed by atoms with E-state index in [0.717, 1.165) is 5.56 Å². The number of hydrogen-bond donors (Lipinski definition) is 1. The summed E-state index contributed by atoms with van der Waals surface area (Å²) >= 11 is 4.29. The molecule has 0 spiro atoms. The molecule has 0 aliphatic carbocycles. The Labute approximate surface area is 124 Å². The fourth-order valence-corrected chi connectivity index (χ4v) is 1.87. The summed E-state index contributed by atoms with van der Waals surface area (Å²) in [5.41, 5.74) is 1.56. The van der Waals surface area contributed by atoms with Gasteiger partial charge in [0.2, 0.25) is 0 Å². The minimum atomic E-state index is -0.725. The van der Waals surface area contributed by atoms with Crippen molar-refractivity contribution in [2.24, 2.45) is 0 Å². The molecule has 0 saturated heterocycles. The average molecular weight is 294 g/mol. The largest absolute Gasteiger partial charge is 0.462 e. The highest BCUT2D eigenvalue weighted by Gasteiger charge is 2.25. The average Bonchev–Trinajstić information content (AvgIpc) is 2.40. The maximum atomic E-state index is 11.9. The molecule has 0 aliphatic heterocycles. The molecule has 0 bridgehead atoms. The Kier molecular flexibility index (Phi) is 6.31. The minimum Gasteiger partial charge on any atom is -0.462 e. The molecule has 0 atom stereocenters. The topological polar surface area (TPSA) is 52.6 Å². The van der Waals surface area contributed by atoms with Crippen LogP contribution in [0.2, 0.25) is 0 Å². The van der Waals surface area contributed by atoms with Crippen LogP contribution in [-0.4, -0.2) is 25.2 Å². The van der Waals surface area contributed by atoms with Gasteiger partial charge < -0.3 is 9.47 Å². The van der Waals surface area contributed by atoms with E-state index in [0.29, 0.717) is 5.56 Å². The summed E-state index contributed by atoms with van der Waals surface area (Å²) in [6.45, 7) is 5.65. The SMILES string of the molecule is CCOC(=O)C(C(=O)OCC)=C(S)c1ccc(C)cc1. The van der Waals surface area contributed by atoms with Gasteiger partial charge in [-0.3, -0.25) is 0 Å². The van der Waals surface area contributed by atoms with E-state index < -0.39 is 11.9 Å². The van der Waals surface area contributed by atoms with Gasteiger partial charge in [-0.2, -0.15) is 0 Å². The zero-order valence-corrected chi connectivity index (χ0v) is 12.7. The van der Waals surface area contributed by atoms with Gasteiger partial charge in [0.25, 0.3) is 0 Å². The van der Waals surface area contributed by atoms with Crippen molar-refractivity contribution in [3.05, 3.63) is 41.0 Å². The van der Waals surface area contributed by atoms with E-state index in [1.165, 1.54) is 0 Å². The first kappa shape index (κ1) is 16.3. The molecule has 1 aromatic carbocycles. The zero-order valence-electron chi connectivity index (χ0n) is 11.8. The number of hydrogen-bond acceptors (Lipinski definition) is 5. The summed E-state index contributed by atoms with van der Waals surface area (Å²) in [7, 11) is 0. The predicted octanol–water partition coefficient (Wildman–Crippen LogP) is 2.76. The Morgan fingerprint density at radius 1 is 1.00 bits per heavy atom. The fraction of sp³-hybridized carbons (Fsp3) is 0.333. The number of ether oxygens (including phenoxy) is 2. The van der Waals surface area contributed by atoms with Crippen LogP contribution in [0.1, 0.15) is 25.0 Å². The summed E-state index contributed by atoms with van der Waals surface area (Å²) in [6.07, 6.45) is 0. The summed E-state index contributed by atoms with van der Waals surface area (Å²) < 4.78 is 9.78. The number of rotatable bonds is 5. The molecule has 108 valence electrons. The maximum Gasteiger partial charge on any atom is 0.346 e. The Morgan fingerprint density at radius 3 is 1.85 bits per heavy atom. The van der Waals surface area contributed by atoms with Crippen molar-refractivity contribution in [1.82, 2.24) is 0 Å². The molecule has 0 aromatic heterocycles. The van der Waals surface area contributed by atoms with Crippen molar-refractivity contribution in [2.75, 3.05) is 13.2 Å². The highest BCUT2D eigenvalue weighted by atomic mass is 32.1. The summed E-state index contributed by atoms with van der Waals surface area (Å²) in [5.74, 6) is -1.45. The van der Waals surface area contributed by atoms with Crippen LogP contribution >= 0.6 is 12.6 Å². The standard InChI is InChI=1S/C15H18O4S/c1-4-18-14(16)12(15(17)19-5-2)13(20)11-8-6-10(3)7-9-11/h6-9,20H,4-5H2,1-3H3. The number of carbonyl (C=O) groups excluding carboxylic acids is 2. The van der Waals surface area contributed by atoms with E-state index in [-0.39, 0.29) is 23.7 Å². The Bertz CT molecular complexity index is 497. The monoisotopic (exact) mass is 294 g/mol. The summed E-state index contributed by atoms with van der Waals surface area (Å²) in [6, 6.07) is 7.32. The van der Waals surface area contributed by atoms with Gasteiger partial charge in [-0.05, 0) is 26.3 Å². The van der Waals surface area contributed by atoms with Crippen LogP contribution < -0.4 is 0 Å². The maximum absolute atomic E-state index is 11.9. The van der Waals surface area contributed by atoms with Crippen LogP contribution in [0.3, 0.4) is 0 Å². The van der Waals surface area contributed by atoms with Gasteiger partial charge in [0.05, 0.1) is 13.2 Å². The molecule has 1 aromatic rings. The van der Waals surface area contributed by atoms with Crippen LogP contribution in [0.15, 0.2) is 29.8 Å². The van der Waals surface area contributed by atoms with Gasteiger partial charge in [0.1, 0.15) is 0 Å². The molecule has 0 saturated carbocycles. The van der Waals surface area contributed by atoms with Gasteiger partial charge in [0, 0.05) is 4.91 Å². The lowest BCUT2D eigenvalue weighted by Gasteiger charge is -2.10. The Balaban J connectivity index is 3.24. The fourth-order valence-electron chi connectivity index (χ4n) is 1.54. The Hall–Kier alpha value is -1.75. The van der Waals surface area contributed by atoms with E-state index in [1.54, 1.807) is 26.0 Å². The van der Waals surface area contributed by atoms with Gasteiger partial charge >= 0.3 is 11.9 Å². The lowest BCUT2D eigenvalue weighted by Crippen LogP contribution is -2.19. The summed E-state index contributed by atoms with van der Waals surface area (Å²) in [4.78, 5) is 24.1. The molecular formula is C15H18O4S. The molecule has 0 amide bonds. The van der Waals surface area contributed by atoms with Crippen LogP contribution in [-0.2, 0) is 19.1 Å². The van der Waals surface area contributed by atoms with Crippen molar-refractivity contribution in [3.63, 3.8) is 0 Å². The van der Waals surface area contributed by atoms with Crippen molar-refractivity contribution in [1.29, 1.82) is 0 Å². The van der Waals surface area contributed by atoms with Crippen LogP contribution in [0.5, 0.6) is 0 Å². The third kappa shape index (κ3) is 4.13. The van der Waals surface area contributed by atoms with E-state index in [1.807, 2.05) is 19.1 Å². The van der Waals surface area contributed by atoms with Gasteiger partial charge in [-0.15, -0.1) is 12.6 Å². The third-order valence-corrected chi connectivity index (χ3v) is 3.00. The third-order valence-electron chi connectivity index (χ3n) is 2.52. The molecule has 0 fully saturated rings. The van der Waals surface area contributed by atoms with Crippen LogP contribution in [0, 0.1) is 6.92 Å². The normalized spacial score (nSPS) is 9.80. The van der Waals surface area contributed by atoms with Gasteiger partial charge in [-0.1, -0.05) is 29.8 Å². The molecule has 1 rings (SSSR count). The second-order valence-electron chi connectivity index (χ2n) is 4.03. The lowest BCUT2D eigenvalue weighted by atomic mass is 10.1. The highest BCUT2D eigenvalue weighted by Crippen LogP contribution is 2.25. The molecule has 0 aliphatic rings. The molecule has 0 N–H and O–H groups in total. The molecule has 20 heavy (non-hydrogen) atoms. The molecule has 4 nitrogen and oxygen atoms in total. The molecule has 5 heteroatoms. The number of esters is 2. The molecule has 0 radical (unpaired) electrons. The molecule has 0 heterocycles. The van der Waals surface area contributed by atoms with E-state index in [9.17, 15) is 9.59 Å². The van der Waals surface area contributed by atoms with Crippen molar-refractivity contribution >= 4 is 29.5 Å². The lowest BCUT2D eigenvalue weighted by molar-refractivity contribution is -0.146. The number of thiol groups is 1. The Morgan fingerprint density at radius 2 is 1.45 bits per heavy atom. The first-order valence-corrected chi connectivity index (χ1v) is 6.80. The molecular weight excluding hydrogens is 276 g/mol. The number of aryl methyl sites for hydroxylation is 1. The molecule has 0 unspecified atom stereocenters. The van der Waals surface area contributed by atoms with Crippen molar-refractivity contribution in [3.8, 4) is 0 Å². The van der Waals surface area contributed by atoms with E-state index in [2.05, 4.69) is 12.6 Å². The van der Waals surface area contributed by atoms with Crippen LogP contribution in [0.4, 0.5) is 0 Å². The van der Waals surface area contributed by atoms with E-state index in [4.69, 9.17) is 9.47 Å². The first-order valence-electron chi connectivity index (χ1n) is 6.35. The highest BCUT2D eigenvalue weighted by molar-refractivity contribution is 7.90. The smallest absolute Gasteiger partial charge is 0.346 e. The van der Waals surface area contributed by atoms with Crippen molar-refractivity contribution in [2.45, 2.75) is 20.8 Å². The van der Waals surface area contributed by atoms with Crippen LogP contribution in [0.25, 0.3) is 4.91 Å². The second kappa shape index (κ2) is 7.75. The summed E-state index contributed by atoms with van der Waals surface area (Å²) in [5, 5.41) is 0. The number of carbonyl (C=O) groups is 2. The second-order valence-corrected chi connectivity index (χ2v) is 4.48. The quantitative estimate of drug-likeness (QED) is 0.298. The van der Waals surface area contributed by atoms with Gasteiger partial charge in [-0.25, -0.2) is 9.59 Å². The van der Waals surface area contributed by atoms with E-state index >= 15 is 0 Å². The van der Waals surface area contributed by atoms with Crippen molar-refractivity contribution < 1.29 is 19.1 Å². The number of benzene rings is 1. The first-order chi connectivity index (χ1) is 9.51. The zero-order chi connectivity index (χ0) is 15.1. The minimum absolute atomic E-state index is 0.177.